The van der Waals surface area contributed by atoms with Gasteiger partial charge in [-0.05, 0) is 38.6 Å². The van der Waals surface area contributed by atoms with Gasteiger partial charge in [0.15, 0.2) is 0 Å². The van der Waals surface area contributed by atoms with Crippen molar-refractivity contribution in [1.82, 2.24) is 0 Å². The van der Waals surface area contributed by atoms with Gasteiger partial charge in [-0.1, -0.05) is 19.3 Å². The van der Waals surface area contributed by atoms with Crippen LogP contribution in [0.3, 0.4) is 0 Å². The summed E-state index contributed by atoms with van der Waals surface area (Å²) in [7, 11) is 0. The molecule has 0 saturated heterocycles. The number of hydrogen-bond donors (Lipinski definition) is 2. The summed E-state index contributed by atoms with van der Waals surface area (Å²) in [5, 5.41) is 10.1. The minimum absolute atomic E-state index is 0.495. The lowest BCUT2D eigenvalue weighted by atomic mass is 9.76. The van der Waals surface area contributed by atoms with Crippen molar-refractivity contribution >= 4 is 0 Å². The number of rotatable bonds is 3. The maximum atomic E-state index is 10.1. The highest BCUT2D eigenvalue weighted by Crippen LogP contribution is 2.33. The molecule has 0 radical (unpaired) electrons. The van der Waals surface area contributed by atoms with Crippen LogP contribution in [-0.2, 0) is 0 Å². The predicted molar refractivity (Wildman–Crippen MR) is 50.9 cm³/mol. The third-order valence-corrected chi connectivity index (χ3v) is 3.14. The van der Waals surface area contributed by atoms with Crippen molar-refractivity contribution in [2.75, 3.05) is 6.54 Å². The molecule has 0 aromatic carbocycles. The van der Waals surface area contributed by atoms with Crippen LogP contribution in [0.2, 0.25) is 0 Å². The molecule has 1 rings (SSSR count). The van der Waals surface area contributed by atoms with Gasteiger partial charge in [0.1, 0.15) is 0 Å². The quantitative estimate of drug-likeness (QED) is 0.678. The summed E-state index contributed by atoms with van der Waals surface area (Å²) < 4.78 is 0. The van der Waals surface area contributed by atoms with Gasteiger partial charge in [-0.15, -0.1) is 0 Å². The molecule has 0 bridgehead atoms. The standard InChI is InChI=1S/C10H21NO/c1-10(12,7-8-11)9-5-3-2-4-6-9/h9,12H,2-8,11H2,1H3. The number of hydrogen-bond acceptors (Lipinski definition) is 2. The zero-order chi connectivity index (χ0) is 9.03. The first kappa shape index (κ1) is 10.0. The summed E-state index contributed by atoms with van der Waals surface area (Å²) in [6.45, 7) is 2.54. The molecule has 0 heterocycles. The van der Waals surface area contributed by atoms with Gasteiger partial charge in [0.05, 0.1) is 5.60 Å². The highest BCUT2D eigenvalue weighted by Gasteiger charge is 2.31. The van der Waals surface area contributed by atoms with E-state index in [2.05, 4.69) is 0 Å². The summed E-state index contributed by atoms with van der Waals surface area (Å²) in [6, 6.07) is 0. The van der Waals surface area contributed by atoms with Crippen molar-refractivity contribution in [2.45, 2.75) is 51.0 Å². The Morgan fingerprint density at radius 1 is 1.33 bits per heavy atom. The molecule has 72 valence electrons. The van der Waals surface area contributed by atoms with E-state index >= 15 is 0 Å². The molecule has 1 aliphatic rings. The van der Waals surface area contributed by atoms with Gasteiger partial charge >= 0.3 is 0 Å². The molecule has 0 aromatic rings. The smallest absolute Gasteiger partial charge is 0.0659 e. The van der Waals surface area contributed by atoms with Gasteiger partial charge in [0.25, 0.3) is 0 Å². The third kappa shape index (κ3) is 2.46. The Bertz CT molecular complexity index is 128. The van der Waals surface area contributed by atoms with Crippen molar-refractivity contribution in [1.29, 1.82) is 0 Å². The summed E-state index contributed by atoms with van der Waals surface area (Å²) in [5.41, 5.74) is 4.96. The van der Waals surface area contributed by atoms with Crippen molar-refractivity contribution in [2.24, 2.45) is 11.7 Å². The fraction of sp³-hybridized carbons (Fsp3) is 1.00. The van der Waals surface area contributed by atoms with Crippen LogP contribution in [0.25, 0.3) is 0 Å². The zero-order valence-electron chi connectivity index (χ0n) is 8.05. The zero-order valence-corrected chi connectivity index (χ0v) is 8.05. The summed E-state index contributed by atoms with van der Waals surface area (Å²) in [5.74, 6) is 0.495. The van der Waals surface area contributed by atoms with Gasteiger partial charge in [0, 0.05) is 0 Å². The Balaban J connectivity index is 2.41. The van der Waals surface area contributed by atoms with Crippen LogP contribution in [0.5, 0.6) is 0 Å². The van der Waals surface area contributed by atoms with E-state index in [9.17, 15) is 5.11 Å². The second-order valence-electron chi connectivity index (χ2n) is 4.23. The molecule has 3 N–H and O–H groups in total. The molecule has 0 spiro atoms. The summed E-state index contributed by atoms with van der Waals surface area (Å²) in [4.78, 5) is 0. The monoisotopic (exact) mass is 171 g/mol. The Hall–Kier alpha value is -0.0800. The van der Waals surface area contributed by atoms with Crippen LogP contribution < -0.4 is 5.73 Å². The number of nitrogens with two attached hydrogens (primary N) is 1. The van der Waals surface area contributed by atoms with E-state index in [4.69, 9.17) is 5.73 Å². The van der Waals surface area contributed by atoms with E-state index in [1.807, 2.05) is 6.92 Å². The molecular weight excluding hydrogens is 150 g/mol. The third-order valence-electron chi connectivity index (χ3n) is 3.14. The highest BCUT2D eigenvalue weighted by atomic mass is 16.3. The molecule has 1 unspecified atom stereocenters. The van der Waals surface area contributed by atoms with E-state index in [1.165, 1.54) is 32.1 Å². The maximum absolute atomic E-state index is 10.1. The normalized spacial score (nSPS) is 25.2. The second kappa shape index (κ2) is 4.24. The lowest BCUT2D eigenvalue weighted by molar-refractivity contribution is -0.0213. The number of aliphatic hydroxyl groups is 1. The lowest BCUT2D eigenvalue weighted by Gasteiger charge is -2.35. The fourth-order valence-corrected chi connectivity index (χ4v) is 2.22. The molecule has 1 atom stereocenters. The van der Waals surface area contributed by atoms with Gasteiger partial charge < -0.3 is 10.8 Å². The van der Waals surface area contributed by atoms with Crippen molar-refractivity contribution in [3.8, 4) is 0 Å². The van der Waals surface area contributed by atoms with Crippen LogP contribution in [0.4, 0.5) is 0 Å². The van der Waals surface area contributed by atoms with Crippen LogP contribution in [-0.4, -0.2) is 17.3 Å². The second-order valence-corrected chi connectivity index (χ2v) is 4.23. The molecule has 0 aliphatic heterocycles. The maximum Gasteiger partial charge on any atom is 0.0659 e. The van der Waals surface area contributed by atoms with E-state index in [-0.39, 0.29) is 0 Å². The Kier molecular flexibility index (Phi) is 3.53. The average Bonchev–Trinajstić information content (AvgIpc) is 2.06. The highest BCUT2D eigenvalue weighted by molar-refractivity contribution is 4.84. The first-order valence-electron chi connectivity index (χ1n) is 5.09. The molecular formula is C10H21NO. The molecule has 1 saturated carbocycles. The molecule has 2 heteroatoms. The van der Waals surface area contributed by atoms with Crippen LogP contribution in [0.1, 0.15) is 45.4 Å². The molecule has 12 heavy (non-hydrogen) atoms. The summed E-state index contributed by atoms with van der Waals surface area (Å²) >= 11 is 0. The first-order chi connectivity index (χ1) is 5.67. The molecule has 2 nitrogen and oxygen atoms in total. The Morgan fingerprint density at radius 2 is 1.92 bits per heavy atom. The first-order valence-corrected chi connectivity index (χ1v) is 5.09. The summed E-state index contributed by atoms with van der Waals surface area (Å²) in [6.07, 6.45) is 7.03. The average molecular weight is 171 g/mol. The van der Waals surface area contributed by atoms with Crippen molar-refractivity contribution in [3.63, 3.8) is 0 Å². The Morgan fingerprint density at radius 3 is 2.42 bits per heavy atom. The molecule has 0 aromatic heterocycles. The van der Waals surface area contributed by atoms with E-state index in [1.54, 1.807) is 0 Å². The van der Waals surface area contributed by atoms with Crippen LogP contribution in [0.15, 0.2) is 0 Å². The molecule has 1 fully saturated rings. The minimum Gasteiger partial charge on any atom is -0.390 e. The fourth-order valence-electron chi connectivity index (χ4n) is 2.22. The van der Waals surface area contributed by atoms with Crippen molar-refractivity contribution < 1.29 is 5.11 Å². The molecule has 0 amide bonds. The van der Waals surface area contributed by atoms with Crippen LogP contribution >= 0.6 is 0 Å². The Labute approximate surface area is 75.2 Å². The van der Waals surface area contributed by atoms with Crippen LogP contribution in [0, 0.1) is 5.92 Å². The largest absolute Gasteiger partial charge is 0.390 e. The van der Waals surface area contributed by atoms with Crippen molar-refractivity contribution in [3.05, 3.63) is 0 Å². The van der Waals surface area contributed by atoms with E-state index < -0.39 is 5.60 Å². The van der Waals surface area contributed by atoms with E-state index in [0.29, 0.717) is 12.5 Å². The van der Waals surface area contributed by atoms with Gasteiger partial charge in [0.2, 0.25) is 0 Å². The van der Waals surface area contributed by atoms with Gasteiger partial charge in [-0.3, -0.25) is 0 Å². The van der Waals surface area contributed by atoms with Gasteiger partial charge in [-0.25, -0.2) is 0 Å². The van der Waals surface area contributed by atoms with Gasteiger partial charge in [-0.2, -0.15) is 0 Å². The predicted octanol–water partition coefficient (Wildman–Crippen LogP) is 1.67. The molecule has 1 aliphatic carbocycles. The SMILES string of the molecule is CC(O)(CCN)C1CCCCC1. The lowest BCUT2D eigenvalue weighted by Crippen LogP contribution is -2.37. The van der Waals surface area contributed by atoms with E-state index in [0.717, 1.165) is 6.42 Å². The minimum atomic E-state index is -0.505. The topological polar surface area (TPSA) is 46.2 Å².